The number of hydrogen-bond acceptors (Lipinski definition) is 6. The normalized spacial score (nSPS) is 14.0. The second-order valence-corrected chi connectivity index (χ2v) is 6.91. The van der Waals surface area contributed by atoms with E-state index in [1.807, 2.05) is 12.1 Å². The number of aliphatic imine (C=N–C) groups is 1. The van der Waals surface area contributed by atoms with Crippen LogP contribution in [0.4, 0.5) is 0 Å². The number of esters is 1. The highest BCUT2D eigenvalue weighted by atomic mass is 32.2. The highest BCUT2D eigenvalue weighted by Gasteiger charge is 2.12. The van der Waals surface area contributed by atoms with E-state index >= 15 is 0 Å². The summed E-state index contributed by atoms with van der Waals surface area (Å²) in [4.78, 5) is 16.9. The minimum absolute atomic E-state index is 0.172. The van der Waals surface area contributed by atoms with Crippen molar-refractivity contribution in [2.24, 2.45) is 4.99 Å². The standard InChI is InChI=1S/C15H19NO3S2/c17-12-3-5-13(6-4-12)20-9-2-1-8-19-15(18)11-14-16-7-10-21-14/h3-6,17H,1-2,7-11H2. The Morgan fingerprint density at radius 2 is 2.14 bits per heavy atom. The van der Waals surface area contributed by atoms with E-state index in [0.717, 1.165) is 40.8 Å². The van der Waals surface area contributed by atoms with Gasteiger partial charge < -0.3 is 9.84 Å². The van der Waals surface area contributed by atoms with Crippen LogP contribution in [0.15, 0.2) is 34.2 Å². The van der Waals surface area contributed by atoms with Crippen molar-refractivity contribution in [3.8, 4) is 5.75 Å². The molecule has 0 bridgehead atoms. The van der Waals surface area contributed by atoms with Gasteiger partial charge in [0.25, 0.3) is 0 Å². The summed E-state index contributed by atoms with van der Waals surface area (Å²) in [5.41, 5.74) is 0. The van der Waals surface area contributed by atoms with Gasteiger partial charge in [0, 0.05) is 17.2 Å². The third-order valence-electron chi connectivity index (χ3n) is 2.85. The summed E-state index contributed by atoms with van der Waals surface area (Å²) in [6.45, 7) is 1.30. The molecular formula is C15H19NO3S2. The van der Waals surface area contributed by atoms with Crippen LogP contribution in [0.3, 0.4) is 0 Å². The molecule has 1 aromatic rings. The molecule has 1 N–H and O–H groups in total. The van der Waals surface area contributed by atoms with Crippen LogP contribution >= 0.6 is 23.5 Å². The number of phenolic OH excluding ortho intramolecular Hbond substituents is 1. The van der Waals surface area contributed by atoms with E-state index in [2.05, 4.69) is 4.99 Å². The zero-order chi connectivity index (χ0) is 14.9. The van der Waals surface area contributed by atoms with Crippen molar-refractivity contribution >= 4 is 34.5 Å². The molecule has 1 aliphatic rings. The molecule has 0 saturated heterocycles. The Kier molecular flexibility index (Phi) is 6.95. The highest BCUT2D eigenvalue weighted by molar-refractivity contribution is 8.14. The van der Waals surface area contributed by atoms with Crippen LogP contribution in [-0.4, -0.2) is 40.8 Å². The first kappa shape index (κ1) is 16.2. The lowest BCUT2D eigenvalue weighted by atomic mass is 10.3. The minimum atomic E-state index is -0.172. The first-order chi connectivity index (χ1) is 10.2. The number of carbonyl (C=O) groups excluding carboxylic acids is 1. The third kappa shape index (κ3) is 6.44. The second kappa shape index (κ2) is 9.00. The molecule has 0 fully saturated rings. The van der Waals surface area contributed by atoms with Gasteiger partial charge in [-0.25, -0.2) is 0 Å². The van der Waals surface area contributed by atoms with Gasteiger partial charge in [-0.15, -0.1) is 23.5 Å². The lowest BCUT2D eigenvalue weighted by molar-refractivity contribution is -0.142. The molecule has 1 heterocycles. The van der Waals surface area contributed by atoms with Gasteiger partial charge in [0.1, 0.15) is 5.75 Å². The number of ether oxygens (including phenoxy) is 1. The Morgan fingerprint density at radius 3 is 2.86 bits per heavy atom. The number of carbonyl (C=O) groups is 1. The molecule has 0 amide bonds. The quantitative estimate of drug-likeness (QED) is 0.451. The molecular weight excluding hydrogens is 306 g/mol. The first-order valence-corrected chi connectivity index (χ1v) is 8.95. The minimum Gasteiger partial charge on any atom is -0.508 e. The lowest BCUT2D eigenvalue weighted by Gasteiger charge is -2.05. The van der Waals surface area contributed by atoms with Crippen LogP contribution in [0.2, 0.25) is 0 Å². The zero-order valence-corrected chi connectivity index (χ0v) is 13.4. The van der Waals surface area contributed by atoms with Crippen LogP contribution in [0.25, 0.3) is 0 Å². The summed E-state index contributed by atoms with van der Waals surface area (Å²) in [6.07, 6.45) is 2.19. The van der Waals surface area contributed by atoms with Gasteiger partial charge >= 0.3 is 5.97 Å². The van der Waals surface area contributed by atoms with E-state index in [1.54, 1.807) is 35.7 Å². The van der Waals surface area contributed by atoms with Crippen LogP contribution in [0.5, 0.6) is 5.75 Å². The number of unbranched alkanes of at least 4 members (excludes halogenated alkanes) is 1. The van der Waals surface area contributed by atoms with Gasteiger partial charge in [-0.2, -0.15) is 0 Å². The molecule has 4 nitrogen and oxygen atoms in total. The number of rotatable bonds is 8. The molecule has 1 aliphatic heterocycles. The topological polar surface area (TPSA) is 58.9 Å². The van der Waals surface area contributed by atoms with Crippen molar-refractivity contribution in [3.05, 3.63) is 24.3 Å². The van der Waals surface area contributed by atoms with Gasteiger partial charge in [-0.1, -0.05) is 0 Å². The van der Waals surface area contributed by atoms with Crippen molar-refractivity contribution in [1.29, 1.82) is 0 Å². The smallest absolute Gasteiger partial charge is 0.312 e. The predicted molar refractivity (Wildman–Crippen MR) is 88.4 cm³/mol. The summed E-state index contributed by atoms with van der Waals surface area (Å²) in [5, 5.41) is 10.1. The number of nitrogens with zero attached hydrogens (tertiary/aromatic N) is 1. The molecule has 0 aliphatic carbocycles. The molecule has 0 unspecified atom stereocenters. The van der Waals surface area contributed by atoms with Crippen molar-refractivity contribution in [1.82, 2.24) is 0 Å². The van der Waals surface area contributed by atoms with Crippen molar-refractivity contribution in [2.75, 3.05) is 24.7 Å². The second-order valence-electron chi connectivity index (χ2n) is 4.57. The average molecular weight is 325 g/mol. The lowest BCUT2D eigenvalue weighted by Crippen LogP contribution is -2.09. The largest absolute Gasteiger partial charge is 0.508 e. The van der Waals surface area contributed by atoms with Crippen LogP contribution in [-0.2, 0) is 9.53 Å². The zero-order valence-electron chi connectivity index (χ0n) is 11.8. The summed E-state index contributed by atoms with van der Waals surface area (Å²) >= 11 is 3.38. The van der Waals surface area contributed by atoms with E-state index in [0.29, 0.717) is 13.0 Å². The SMILES string of the molecule is O=C(CC1=NCCS1)OCCCCSc1ccc(O)cc1. The Balaban J connectivity index is 1.49. The van der Waals surface area contributed by atoms with E-state index in [-0.39, 0.29) is 11.7 Å². The average Bonchev–Trinajstić information content (AvgIpc) is 2.97. The number of aromatic hydroxyl groups is 1. The van der Waals surface area contributed by atoms with Crippen molar-refractivity contribution in [2.45, 2.75) is 24.2 Å². The molecule has 0 aromatic heterocycles. The maximum Gasteiger partial charge on any atom is 0.312 e. The highest BCUT2D eigenvalue weighted by Crippen LogP contribution is 2.21. The van der Waals surface area contributed by atoms with E-state index in [1.165, 1.54) is 0 Å². The van der Waals surface area contributed by atoms with Crippen molar-refractivity contribution in [3.63, 3.8) is 0 Å². The fraction of sp³-hybridized carbons (Fsp3) is 0.467. The van der Waals surface area contributed by atoms with Gasteiger partial charge in [0.15, 0.2) is 0 Å². The Hall–Kier alpha value is -1.14. The molecule has 0 atom stereocenters. The molecule has 2 rings (SSSR count). The van der Waals surface area contributed by atoms with Crippen LogP contribution in [0.1, 0.15) is 19.3 Å². The molecule has 0 saturated carbocycles. The number of hydrogen-bond donors (Lipinski definition) is 1. The Bertz CT molecular complexity index is 488. The van der Waals surface area contributed by atoms with Gasteiger partial charge in [-0.05, 0) is 42.9 Å². The molecule has 114 valence electrons. The molecule has 6 heteroatoms. The maximum absolute atomic E-state index is 11.5. The van der Waals surface area contributed by atoms with Gasteiger partial charge in [0.2, 0.25) is 0 Å². The number of thioether (sulfide) groups is 2. The van der Waals surface area contributed by atoms with E-state index in [9.17, 15) is 9.90 Å². The van der Waals surface area contributed by atoms with Gasteiger partial charge in [0.05, 0.1) is 18.1 Å². The number of phenols is 1. The van der Waals surface area contributed by atoms with E-state index < -0.39 is 0 Å². The fourth-order valence-corrected chi connectivity index (χ4v) is 3.52. The van der Waals surface area contributed by atoms with Crippen LogP contribution < -0.4 is 0 Å². The summed E-state index contributed by atoms with van der Waals surface area (Å²) in [5.74, 6) is 2.08. The summed E-state index contributed by atoms with van der Waals surface area (Å²) in [7, 11) is 0. The first-order valence-electron chi connectivity index (χ1n) is 6.97. The molecule has 21 heavy (non-hydrogen) atoms. The van der Waals surface area contributed by atoms with Crippen molar-refractivity contribution < 1.29 is 14.6 Å². The predicted octanol–water partition coefficient (Wildman–Crippen LogP) is 3.34. The molecule has 0 spiro atoms. The summed E-state index contributed by atoms with van der Waals surface area (Å²) in [6, 6.07) is 7.18. The molecule has 0 radical (unpaired) electrons. The van der Waals surface area contributed by atoms with Crippen LogP contribution in [0, 0.1) is 0 Å². The van der Waals surface area contributed by atoms with E-state index in [4.69, 9.17) is 4.74 Å². The summed E-state index contributed by atoms with van der Waals surface area (Å²) < 4.78 is 5.20. The number of benzene rings is 1. The monoisotopic (exact) mass is 325 g/mol. The Morgan fingerprint density at radius 1 is 1.33 bits per heavy atom. The van der Waals surface area contributed by atoms with Gasteiger partial charge in [-0.3, -0.25) is 9.79 Å². The third-order valence-corrected chi connectivity index (χ3v) is 4.94. The molecule has 1 aromatic carbocycles. The fourth-order valence-electron chi connectivity index (χ4n) is 1.78. The maximum atomic E-state index is 11.5. The Labute approximate surface area is 133 Å².